The van der Waals surface area contributed by atoms with Gasteiger partial charge in [-0.05, 0) is 36.5 Å². The highest BCUT2D eigenvalue weighted by molar-refractivity contribution is 7.71. The molecule has 0 aliphatic carbocycles. The molecule has 20 heavy (non-hydrogen) atoms. The normalized spacial score (nSPS) is 11.2. The fourth-order valence-corrected chi connectivity index (χ4v) is 2.57. The van der Waals surface area contributed by atoms with Gasteiger partial charge in [0.05, 0.1) is 26.8 Å². The van der Waals surface area contributed by atoms with Crippen LogP contribution in [0.1, 0.15) is 0 Å². The minimum absolute atomic E-state index is 0.0178. The summed E-state index contributed by atoms with van der Waals surface area (Å²) in [5.74, 6) is -1.11. The first-order valence-electron chi connectivity index (χ1n) is 5.52. The van der Waals surface area contributed by atoms with Crippen molar-refractivity contribution in [3.8, 4) is 5.69 Å². The Labute approximate surface area is 127 Å². The molecule has 0 fully saturated rings. The lowest BCUT2D eigenvalue weighted by atomic mass is 10.2. The van der Waals surface area contributed by atoms with Crippen LogP contribution in [0.2, 0.25) is 10.0 Å². The maximum atomic E-state index is 13.6. The minimum Gasteiger partial charge on any atom is -0.330 e. The number of hydrogen-bond donors (Lipinski definition) is 1. The van der Waals surface area contributed by atoms with Gasteiger partial charge in [0.2, 0.25) is 0 Å². The van der Waals surface area contributed by atoms with E-state index in [9.17, 15) is 8.78 Å². The van der Waals surface area contributed by atoms with Crippen LogP contribution in [-0.4, -0.2) is 9.55 Å². The molecular weight excluding hydrogens is 325 g/mol. The number of aromatic nitrogens is 2. The molecule has 0 atom stereocenters. The van der Waals surface area contributed by atoms with Crippen LogP contribution in [-0.2, 0) is 0 Å². The Balaban J connectivity index is 2.35. The second-order valence-electron chi connectivity index (χ2n) is 4.15. The van der Waals surface area contributed by atoms with Crippen LogP contribution >= 0.6 is 35.4 Å². The molecule has 0 amide bonds. The number of benzene rings is 2. The highest BCUT2D eigenvalue weighted by Gasteiger charge is 2.11. The molecule has 0 radical (unpaired) electrons. The summed E-state index contributed by atoms with van der Waals surface area (Å²) in [5, 5.41) is -0.0149. The van der Waals surface area contributed by atoms with Crippen molar-refractivity contribution in [3.63, 3.8) is 0 Å². The molecule has 2 aromatic carbocycles. The first kappa shape index (κ1) is 13.5. The van der Waals surface area contributed by atoms with Gasteiger partial charge in [-0.15, -0.1) is 0 Å². The lowest BCUT2D eigenvalue weighted by Gasteiger charge is -2.06. The summed E-state index contributed by atoms with van der Waals surface area (Å²) >= 11 is 16.6. The van der Waals surface area contributed by atoms with E-state index in [2.05, 4.69) is 4.98 Å². The quantitative estimate of drug-likeness (QED) is 0.602. The van der Waals surface area contributed by atoms with E-state index in [-0.39, 0.29) is 10.0 Å². The SMILES string of the molecule is Fc1cc(-n2c(=S)[nH]c3cc(F)c(Cl)cc32)ccc1Cl. The summed E-state index contributed by atoms with van der Waals surface area (Å²) in [5.41, 5.74) is 1.52. The van der Waals surface area contributed by atoms with Crippen molar-refractivity contribution in [1.82, 2.24) is 9.55 Å². The molecular formula is C13H6Cl2F2N2S. The van der Waals surface area contributed by atoms with Crippen molar-refractivity contribution in [3.05, 3.63) is 56.8 Å². The Morgan fingerprint density at radius 1 is 1.00 bits per heavy atom. The van der Waals surface area contributed by atoms with Gasteiger partial charge in [0, 0.05) is 6.07 Å². The number of halogens is 4. The van der Waals surface area contributed by atoms with Crippen molar-refractivity contribution < 1.29 is 8.78 Å². The molecule has 7 heteroatoms. The summed E-state index contributed by atoms with van der Waals surface area (Å²) in [4.78, 5) is 2.85. The van der Waals surface area contributed by atoms with Gasteiger partial charge < -0.3 is 4.98 Å². The number of nitrogens with zero attached hydrogens (tertiary/aromatic N) is 1. The van der Waals surface area contributed by atoms with E-state index < -0.39 is 11.6 Å². The summed E-state index contributed by atoms with van der Waals surface area (Å²) in [7, 11) is 0. The van der Waals surface area contributed by atoms with E-state index >= 15 is 0 Å². The maximum absolute atomic E-state index is 13.6. The monoisotopic (exact) mass is 330 g/mol. The lowest BCUT2D eigenvalue weighted by Crippen LogP contribution is -1.95. The number of fused-ring (bicyclic) bond motifs is 1. The molecule has 3 aromatic rings. The predicted molar refractivity (Wildman–Crippen MR) is 78.4 cm³/mol. The third-order valence-corrected chi connectivity index (χ3v) is 3.77. The van der Waals surface area contributed by atoms with E-state index in [1.807, 2.05) is 0 Å². The molecule has 0 aliphatic rings. The molecule has 0 unspecified atom stereocenters. The van der Waals surface area contributed by atoms with Crippen LogP contribution in [0.15, 0.2) is 30.3 Å². The molecule has 2 nitrogen and oxygen atoms in total. The number of imidazole rings is 1. The number of H-pyrrole nitrogens is 1. The van der Waals surface area contributed by atoms with E-state index in [0.717, 1.165) is 0 Å². The Hall–Kier alpha value is -1.43. The molecule has 3 rings (SSSR count). The number of nitrogens with one attached hydrogen (secondary N) is 1. The van der Waals surface area contributed by atoms with Crippen LogP contribution in [0.3, 0.4) is 0 Å². The fourth-order valence-electron chi connectivity index (χ4n) is 1.98. The molecule has 0 saturated carbocycles. The van der Waals surface area contributed by atoms with Crippen LogP contribution in [0.4, 0.5) is 8.78 Å². The van der Waals surface area contributed by atoms with Gasteiger partial charge in [-0.1, -0.05) is 23.2 Å². The molecule has 1 N–H and O–H groups in total. The van der Waals surface area contributed by atoms with Crippen LogP contribution < -0.4 is 0 Å². The van der Waals surface area contributed by atoms with E-state index in [4.69, 9.17) is 35.4 Å². The van der Waals surface area contributed by atoms with Gasteiger partial charge in [0.25, 0.3) is 0 Å². The van der Waals surface area contributed by atoms with Gasteiger partial charge in [-0.25, -0.2) is 8.78 Å². The predicted octanol–water partition coefficient (Wildman–Crippen LogP) is 5.27. The van der Waals surface area contributed by atoms with Crippen molar-refractivity contribution in [2.45, 2.75) is 0 Å². The van der Waals surface area contributed by atoms with Crippen LogP contribution in [0, 0.1) is 16.4 Å². The molecule has 0 saturated heterocycles. The molecule has 0 spiro atoms. The molecule has 0 bridgehead atoms. The zero-order chi connectivity index (χ0) is 14.4. The summed E-state index contributed by atoms with van der Waals surface area (Å²) in [6.45, 7) is 0. The van der Waals surface area contributed by atoms with E-state index in [1.165, 1.54) is 24.3 Å². The molecule has 102 valence electrons. The van der Waals surface area contributed by atoms with Crippen molar-refractivity contribution in [1.29, 1.82) is 0 Å². The zero-order valence-electron chi connectivity index (χ0n) is 9.75. The topological polar surface area (TPSA) is 20.7 Å². The van der Waals surface area contributed by atoms with Gasteiger partial charge in [0.1, 0.15) is 11.6 Å². The van der Waals surface area contributed by atoms with Crippen molar-refractivity contribution >= 4 is 46.5 Å². The van der Waals surface area contributed by atoms with E-state index in [1.54, 1.807) is 10.6 Å². The molecule has 1 heterocycles. The van der Waals surface area contributed by atoms with Crippen molar-refractivity contribution in [2.75, 3.05) is 0 Å². The maximum Gasteiger partial charge on any atom is 0.182 e. The molecule has 0 aliphatic heterocycles. The zero-order valence-corrected chi connectivity index (χ0v) is 12.1. The van der Waals surface area contributed by atoms with Gasteiger partial charge >= 0.3 is 0 Å². The minimum atomic E-state index is -0.561. The van der Waals surface area contributed by atoms with Gasteiger partial charge in [-0.3, -0.25) is 4.57 Å². The first-order chi connectivity index (χ1) is 9.47. The fraction of sp³-hybridized carbons (Fsp3) is 0. The average Bonchev–Trinajstić information content (AvgIpc) is 2.69. The smallest absolute Gasteiger partial charge is 0.182 e. The van der Waals surface area contributed by atoms with Crippen LogP contribution in [0.25, 0.3) is 16.7 Å². The third-order valence-electron chi connectivity index (χ3n) is 2.89. The summed E-state index contributed by atoms with van der Waals surface area (Å²) in [6.07, 6.45) is 0. The standard InChI is InChI=1S/C13H6Cl2F2N2S/c14-7-2-1-6(3-9(7)16)19-12-4-8(15)10(17)5-11(12)18-13(19)20/h1-5H,(H,18,20). The highest BCUT2D eigenvalue weighted by atomic mass is 35.5. The highest BCUT2D eigenvalue weighted by Crippen LogP contribution is 2.26. The van der Waals surface area contributed by atoms with E-state index in [0.29, 0.717) is 21.5 Å². The Bertz CT molecular complexity index is 886. The third kappa shape index (κ3) is 2.12. The summed E-state index contributed by atoms with van der Waals surface area (Å²) in [6, 6.07) is 6.98. The number of hydrogen-bond acceptors (Lipinski definition) is 1. The molecule has 1 aromatic heterocycles. The first-order valence-corrected chi connectivity index (χ1v) is 6.69. The number of aromatic amines is 1. The average molecular weight is 331 g/mol. The Kier molecular flexibility index (Phi) is 3.28. The summed E-state index contributed by atoms with van der Waals surface area (Å²) < 4.78 is 28.9. The van der Waals surface area contributed by atoms with Crippen LogP contribution in [0.5, 0.6) is 0 Å². The van der Waals surface area contributed by atoms with Gasteiger partial charge in [0.15, 0.2) is 4.77 Å². The largest absolute Gasteiger partial charge is 0.330 e. The Morgan fingerprint density at radius 2 is 1.70 bits per heavy atom. The van der Waals surface area contributed by atoms with Crippen molar-refractivity contribution in [2.24, 2.45) is 0 Å². The second kappa shape index (κ2) is 4.84. The second-order valence-corrected chi connectivity index (χ2v) is 5.35. The number of rotatable bonds is 1. The Morgan fingerprint density at radius 3 is 2.40 bits per heavy atom. The van der Waals surface area contributed by atoms with Gasteiger partial charge in [-0.2, -0.15) is 0 Å². The lowest BCUT2D eigenvalue weighted by molar-refractivity contribution is 0.627.